The number of anilines is 1. The molecular formula is C14H18F2N2O5S. The van der Waals surface area contributed by atoms with Crippen LogP contribution in [-0.2, 0) is 19.4 Å². The number of alkyl halides is 2. The summed E-state index contributed by atoms with van der Waals surface area (Å²) in [6.45, 7) is 1.48. The summed E-state index contributed by atoms with van der Waals surface area (Å²) in [7, 11) is -4.87. The van der Waals surface area contributed by atoms with Crippen molar-refractivity contribution in [1.29, 1.82) is 0 Å². The van der Waals surface area contributed by atoms with Gasteiger partial charge in [0.2, 0.25) is 15.7 Å². The Morgan fingerprint density at radius 1 is 1.25 bits per heavy atom. The molecule has 1 aromatic rings. The first-order chi connectivity index (χ1) is 11.2. The molecule has 0 spiro atoms. The fourth-order valence-corrected chi connectivity index (χ4v) is 2.91. The second kappa shape index (κ2) is 8.69. The van der Waals surface area contributed by atoms with Crippen molar-refractivity contribution < 1.29 is 31.9 Å². The maximum Gasteiger partial charge on any atom is 0.341 e. The number of carbonyl (C=O) groups excluding carboxylic acids is 1. The third kappa shape index (κ3) is 5.53. The van der Waals surface area contributed by atoms with Crippen LogP contribution in [0.3, 0.4) is 0 Å². The molecule has 0 saturated carbocycles. The number of nitrogens with one attached hydrogen (secondary N) is 1. The molecule has 1 aromatic carbocycles. The Labute approximate surface area is 138 Å². The van der Waals surface area contributed by atoms with Crippen LogP contribution in [0.4, 0.5) is 14.5 Å². The number of benzene rings is 1. The standard InChI is InChI=1S/C14H18F2N2O5S/c1-2-7-18(9-13(20)21)8-12(19)17-10-5-3-4-6-11(10)24(22,23)14(15)16/h3-6,14H,2,7-9H2,1H3,(H,17,19)(H,20,21). The van der Waals surface area contributed by atoms with Crippen LogP contribution in [0.5, 0.6) is 0 Å². The van der Waals surface area contributed by atoms with E-state index in [0.29, 0.717) is 13.0 Å². The van der Waals surface area contributed by atoms with E-state index in [1.165, 1.54) is 23.1 Å². The lowest BCUT2D eigenvalue weighted by Crippen LogP contribution is -2.37. The van der Waals surface area contributed by atoms with Crippen LogP contribution in [0.25, 0.3) is 0 Å². The minimum Gasteiger partial charge on any atom is -0.480 e. The SMILES string of the molecule is CCCN(CC(=O)O)CC(=O)Nc1ccccc1S(=O)(=O)C(F)F. The summed E-state index contributed by atoms with van der Waals surface area (Å²) in [5.74, 6) is -5.42. The van der Waals surface area contributed by atoms with E-state index in [1.807, 2.05) is 0 Å². The molecule has 0 fully saturated rings. The zero-order valence-electron chi connectivity index (χ0n) is 12.9. The number of halogens is 2. The topological polar surface area (TPSA) is 104 Å². The predicted octanol–water partition coefficient (Wildman–Crippen LogP) is 1.42. The number of nitrogens with zero attached hydrogens (tertiary/aromatic N) is 1. The molecule has 0 aliphatic rings. The Balaban J connectivity index is 2.93. The zero-order chi connectivity index (χ0) is 18.3. The largest absolute Gasteiger partial charge is 0.480 e. The quantitative estimate of drug-likeness (QED) is 0.687. The van der Waals surface area contributed by atoms with Gasteiger partial charge in [-0.1, -0.05) is 19.1 Å². The lowest BCUT2D eigenvalue weighted by molar-refractivity contribution is -0.138. The van der Waals surface area contributed by atoms with E-state index in [9.17, 15) is 26.8 Å². The fourth-order valence-electron chi connectivity index (χ4n) is 2.03. The number of hydrogen-bond acceptors (Lipinski definition) is 5. The van der Waals surface area contributed by atoms with E-state index in [0.717, 1.165) is 6.07 Å². The summed E-state index contributed by atoms with van der Waals surface area (Å²) in [6.07, 6.45) is 0.608. The maximum atomic E-state index is 12.7. The first kappa shape index (κ1) is 20.0. The fraction of sp³-hybridized carbons (Fsp3) is 0.429. The number of hydrogen-bond donors (Lipinski definition) is 2. The lowest BCUT2D eigenvalue weighted by atomic mass is 10.3. The summed E-state index contributed by atoms with van der Waals surface area (Å²) < 4.78 is 48.6. The first-order valence-corrected chi connectivity index (χ1v) is 8.58. The molecular weight excluding hydrogens is 346 g/mol. The molecule has 2 N–H and O–H groups in total. The predicted molar refractivity (Wildman–Crippen MR) is 82.6 cm³/mol. The van der Waals surface area contributed by atoms with E-state index in [4.69, 9.17) is 5.11 Å². The highest BCUT2D eigenvalue weighted by atomic mass is 32.2. The third-order valence-corrected chi connectivity index (χ3v) is 4.41. The Morgan fingerprint density at radius 2 is 1.88 bits per heavy atom. The summed E-state index contributed by atoms with van der Waals surface area (Å²) in [5, 5.41) is 11.0. The molecule has 0 aromatic heterocycles. The van der Waals surface area contributed by atoms with Gasteiger partial charge in [0.05, 0.1) is 23.7 Å². The minimum absolute atomic E-state index is 0.269. The molecule has 1 rings (SSSR count). The maximum absolute atomic E-state index is 12.7. The molecule has 0 aliphatic carbocycles. The van der Waals surface area contributed by atoms with Crippen molar-refractivity contribution in [2.24, 2.45) is 0 Å². The van der Waals surface area contributed by atoms with Crippen molar-refractivity contribution in [3.63, 3.8) is 0 Å². The molecule has 0 saturated heterocycles. The second-order valence-corrected chi connectivity index (χ2v) is 6.84. The number of para-hydroxylation sites is 1. The molecule has 0 heterocycles. The number of carboxylic acids is 1. The van der Waals surface area contributed by atoms with Crippen molar-refractivity contribution in [2.75, 3.05) is 25.0 Å². The molecule has 0 bridgehead atoms. The Kier molecular flexibility index (Phi) is 7.23. The molecule has 0 aliphatic heterocycles. The summed E-state index contributed by atoms with van der Waals surface area (Å²) in [6, 6.07) is 4.81. The number of carbonyl (C=O) groups is 2. The van der Waals surface area contributed by atoms with Gasteiger partial charge in [-0.05, 0) is 25.1 Å². The molecule has 7 nitrogen and oxygen atoms in total. The minimum atomic E-state index is -4.87. The van der Waals surface area contributed by atoms with Gasteiger partial charge >= 0.3 is 11.7 Å². The van der Waals surface area contributed by atoms with Gasteiger partial charge in [-0.3, -0.25) is 14.5 Å². The highest BCUT2D eigenvalue weighted by Gasteiger charge is 2.29. The van der Waals surface area contributed by atoms with Crippen LogP contribution in [0.2, 0.25) is 0 Å². The molecule has 0 unspecified atom stereocenters. The van der Waals surface area contributed by atoms with Crippen LogP contribution in [-0.4, -0.2) is 55.7 Å². The average molecular weight is 364 g/mol. The third-order valence-electron chi connectivity index (χ3n) is 2.97. The van der Waals surface area contributed by atoms with Gasteiger partial charge < -0.3 is 10.4 Å². The normalized spacial score (nSPS) is 11.7. The van der Waals surface area contributed by atoms with Gasteiger partial charge in [-0.25, -0.2) is 8.42 Å². The zero-order valence-corrected chi connectivity index (χ0v) is 13.7. The van der Waals surface area contributed by atoms with Crippen LogP contribution in [0, 0.1) is 0 Å². The number of sulfone groups is 1. The summed E-state index contributed by atoms with van der Waals surface area (Å²) >= 11 is 0. The monoisotopic (exact) mass is 364 g/mol. The van der Waals surface area contributed by atoms with Crippen molar-refractivity contribution in [3.05, 3.63) is 24.3 Å². The van der Waals surface area contributed by atoms with Crippen molar-refractivity contribution >= 4 is 27.4 Å². The van der Waals surface area contributed by atoms with E-state index in [-0.39, 0.29) is 18.8 Å². The second-order valence-electron chi connectivity index (χ2n) is 4.95. The number of amides is 1. The average Bonchev–Trinajstić information content (AvgIpc) is 2.46. The Hall–Kier alpha value is -2.07. The van der Waals surface area contributed by atoms with Gasteiger partial charge in [0.25, 0.3) is 0 Å². The van der Waals surface area contributed by atoms with Gasteiger partial charge in [0, 0.05) is 0 Å². The highest BCUT2D eigenvalue weighted by molar-refractivity contribution is 7.91. The molecule has 134 valence electrons. The smallest absolute Gasteiger partial charge is 0.341 e. The number of aliphatic carboxylic acids is 1. The van der Waals surface area contributed by atoms with Crippen molar-refractivity contribution in [2.45, 2.75) is 24.0 Å². The Bertz CT molecular complexity index is 694. The highest BCUT2D eigenvalue weighted by Crippen LogP contribution is 2.26. The number of rotatable bonds is 9. The molecule has 10 heteroatoms. The van der Waals surface area contributed by atoms with Gasteiger partial charge in [-0.15, -0.1) is 0 Å². The molecule has 24 heavy (non-hydrogen) atoms. The lowest BCUT2D eigenvalue weighted by Gasteiger charge is -2.19. The van der Waals surface area contributed by atoms with Crippen LogP contribution >= 0.6 is 0 Å². The van der Waals surface area contributed by atoms with Crippen molar-refractivity contribution in [1.82, 2.24) is 4.90 Å². The van der Waals surface area contributed by atoms with E-state index >= 15 is 0 Å². The summed E-state index contributed by atoms with van der Waals surface area (Å²) in [4.78, 5) is 23.4. The van der Waals surface area contributed by atoms with E-state index in [2.05, 4.69) is 5.32 Å². The van der Waals surface area contributed by atoms with Crippen molar-refractivity contribution in [3.8, 4) is 0 Å². The van der Waals surface area contributed by atoms with Gasteiger partial charge in [0.1, 0.15) is 0 Å². The first-order valence-electron chi connectivity index (χ1n) is 7.03. The van der Waals surface area contributed by atoms with Crippen LogP contribution in [0.1, 0.15) is 13.3 Å². The van der Waals surface area contributed by atoms with Crippen LogP contribution in [0.15, 0.2) is 29.2 Å². The Morgan fingerprint density at radius 3 is 2.42 bits per heavy atom. The van der Waals surface area contributed by atoms with E-state index < -0.39 is 32.4 Å². The van der Waals surface area contributed by atoms with E-state index in [1.54, 1.807) is 6.92 Å². The van der Waals surface area contributed by atoms with Gasteiger partial charge in [0.15, 0.2) is 0 Å². The van der Waals surface area contributed by atoms with Crippen LogP contribution < -0.4 is 5.32 Å². The molecule has 0 radical (unpaired) electrons. The number of carboxylic acid groups (broad SMARTS) is 1. The molecule has 1 amide bonds. The van der Waals surface area contributed by atoms with Gasteiger partial charge in [-0.2, -0.15) is 8.78 Å². The molecule has 0 atom stereocenters. The summed E-state index contributed by atoms with van der Waals surface area (Å²) in [5.41, 5.74) is -0.269.